The van der Waals surface area contributed by atoms with Crippen LogP contribution in [0, 0.1) is 0 Å². The molecule has 1 aliphatic carbocycles. The van der Waals surface area contributed by atoms with E-state index in [1.807, 2.05) is 18.2 Å². The van der Waals surface area contributed by atoms with Gasteiger partial charge < -0.3 is 4.74 Å². The predicted molar refractivity (Wildman–Crippen MR) is 86.0 cm³/mol. The molecule has 2 rings (SSSR count). The van der Waals surface area contributed by atoms with Crippen LogP contribution in [0.3, 0.4) is 0 Å². The quantitative estimate of drug-likeness (QED) is 0.740. The molecule has 1 saturated carbocycles. The summed E-state index contributed by atoms with van der Waals surface area (Å²) in [5.41, 5.74) is 1.89. The van der Waals surface area contributed by atoms with Gasteiger partial charge in [-0.2, -0.15) is 0 Å². The number of ketones is 1. The molecule has 3 nitrogen and oxygen atoms in total. The van der Waals surface area contributed by atoms with Gasteiger partial charge in [-0.3, -0.25) is 9.69 Å². The molecule has 1 aliphatic rings. The molecule has 0 saturated heterocycles. The van der Waals surface area contributed by atoms with E-state index in [1.165, 1.54) is 32.1 Å². The minimum atomic E-state index is 0.111. The number of carbonyl (C=O) groups excluding carboxylic acids is 1. The van der Waals surface area contributed by atoms with Gasteiger partial charge in [-0.25, -0.2) is 0 Å². The zero-order valence-electron chi connectivity index (χ0n) is 13.5. The Balaban J connectivity index is 2.18. The molecule has 1 aromatic carbocycles. The second-order valence-corrected chi connectivity index (χ2v) is 5.94. The highest BCUT2D eigenvalue weighted by atomic mass is 16.5. The normalized spacial score (nSPS) is 16.2. The number of hydrogen-bond acceptors (Lipinski definition) is 3. The number of carbonyl (C=O) groups is 1. The van der Waals surface area contributed by atoms with Crippen LogP contribution in [-0.2, 0) is 6.54 Å². The predicted octanol–water partition coefficient (Wildman–Crippen LogP) is 4.05. The van der Waals surface area contributed by atoms with Crippen LogP contribution in [0.1, 0.15) is 61.9 Å². The van der Waals surface area contributed by atoms with Crippen molar-refractivity contribution in [1.29, 1.82) is 0 Å². The Kier molecular flexibility index (Phi) is 5.80. The van der Waals surface area contributed by atoms with Crippen LogP contribution >= 0.6 is 0 Å². The molecule has 0 heterocycles. The summed E-state index contributed by atoms with van der Waals surface area (Å²) >= 11 is 0. The van der Waals surface area contributed by atoms with Crippen molar-refractivity contribution >= 4 is 5.78 Å². The minimum absolute atomic E-state index is 0.111. The maximum absolute atomic E-state index is 11.6. The third-order valence-electron chi connectivity index (χ3n) is 4.56. The number of nitrogens with zero attached hydrogens (tertiary/aromatic N) is 1. The van der Waals surface area contributed by atoms with Crippen LogP contribution in [0.4, 0.5) is 0 Å². The summed E-state index contributed by atoms with van der Waals surface area (Å²) in [6.45, 7) is 5.74. The second kappa shape index (κ2) is 7.60. The summed E-state index contributed by atoms with van der Waals surface area (Å²) in [5, 5.41) is 0. The lowest BCUT2D eigenvalue weighted by Gasteiger charge is -2.34. The molecule has 1 fully saturated rings. The highest BCUT2D eigenvalue weighted by molar-refractivity contribution is 5.94. The van der Waals surface area contributed by atoms with Gasteiger partial charge in [0.25, 0.3) is 0 Å². The Labute approximate surface area is 128 Å². The minimum Gasteiger partial charge on any atom is -0.496 e. The van der Waals surface area contributed by atoms with Gasteiger partial charge in [-0.05, 0) is 44.5 Å². The molecule has 0 spiro atoms. The van der Waals surface area contributed by atoms with Crippen molar-refractivity contribution in [3.63, 3.8) is 0 Å². The average Bonchev–Trinajstić information content (AvgIpc) is 2.53. The molecule has 0 bridgehead atoms. The van der Waals surface area contributed by atoms with Gasteiger partial charge in [0, 0.05) is 23.7 Å². The van der Waals surface area contributed by atoms with Crippen LogP contribution in [-0.4, -0.2) is 30.4 Å². The smallest absolute Gasteiger partial charge is 0.159 e. The van der Waals surface area contributed by atoms with Gasteiger partial charge in [0.05, 0.1) is 7.11 Å². The highest BCUT2D eigenvalue weighted by Crippen LogP contribution is 2.27. The third kappa shape index (κ3) is 4.07. The van der Waals surface area contributed by atoms with Crippen LogP contribution in [0.5, 0.6) is 5.75 Å². The molecular formula is C18H27NO2. The van der Waals surface area contributed by atoms with E-state index in [-0.39, 0.29) is 5.78 Å². The first-order chi connectivity index (χ1) is 10.2. The first kappa shape index (κ1) is 16.0. The van der Waals surface area contributed by atoms with Crippen molar-refractivity contribution in [3.8, 4) is 5.75 Å². The number of methoxy groups -OCH3 is 1. The summed E-state index contributed by atoms with van der Waals surface area (Å²) in [6, 6.07) is 6.43. The maximum Gasteiger partial charge on any atom is 0.159 e. The first-order valence-corrected chi connectivity index (χ1v) is 8.07. The fourth-order valence-electron chi connectivity index (χ4n) is 3.29. The fourth-order valence-corrected chi connectivity index (χ4v) is 3.29. The van der Waals surface area contributed by atoms with E-state index >= 15 is 0 Å². The molecule has 0 aromatic heterocycles. The molecule has 0 aliphatic heterocycles. The topological polar surface area (TPSA) is 29.5 Å². The van der Waals surface area contributed by atoms with Gasteiger partial charge >= 0.3 is 0 Å². The summed E-state index contributed by atoms with van der Waals surface area (Å²) in [7, 11) is 1.70. The van der Waals surface area contributed by atoms with Gasteiger partial charge in [-0.15, -0.1) is 0 Å². The van der Waals surface area contributed by atoms with E-state index in [1.54, 1.807) is 14.0 Å². The molecule has 0 atom stereocenters. The van der Waals surface area contributed by atoms with E-state index in [0.29, 0.717) is 6.04 Å². The molecule has 116 valence electrons. The zero-order valence-corrected chi connectivity index (χ0v) is 13.5. The van der Waals surface area contributed by atoms with Crippen molar-refractivity contribution in [3.05, 3.63) is 29.3 Å². The Morgan fingerprint density at radius 3 is 2.57 bits per heavy atom. The summed E-state index contributed by atoms with van der Waals surface area (Å²) in [5.74, 6) is 0.994. The lowest BCUT2D eigenvalue weighted by molar-refractivity contribution is 0.101. The Morgan fingerprint density at radius 2 is 2.00 bits per heavy atom. The maximum atomic E-state index is 11.6. The molecule has 21 heavy (non-hydrogen) atoms. The van der Waals surface area contributed by atoms with Gasteiger partial charge in [-0.1, -0.05) is 26.2 Å². The third-order valence-corrected chi connectivity index (χ3v) is 4.56. The van der Waals surface area contributed by atoms with Crippen LogP contribution in [0.2, 0.25) is 0 Å². The van der Waals surface area contributed by atoms with Crippen molar-refractivity contribution in [2.75, 3.05) is 13.7 Å². The second-order valence-electron chi connectivity index (χ2n) is 5.94. The van der Waals surface area contributed by atoms with E-state index in [4.69, 9.17) is 4.74 Å². The van der Waals surface area contributed by atoms with E-state index in [2.05, 4.69) is 11.8 Å². The van der Waals surface area contributed by atoms with Gasteiger partial charge in [0.2, 0.25) is 0 Å². The summed E-state index contributed by atoms with van der Waals surface area (Å²) in [4.78, 5) is 14.1. The SMILES string of the molecule is CCN(Cc1cc(C(C)=O)ccc1OC)C1CCCCC1. The van der Waals surface area contributed by atoms with E-state index in [0.717, 1.165) is 30.0 Å². The molecule has 0 radical (unpaired) electrons. The van der Waals surface area contributed by atoms with Crippen LogP contribution in [0.25, 0.3) is 0 Å². The standard InChI is InChI=1S/C18H27NO2/c1-4-19(17-8-6-5-7-9-17)13-16-12-15(14(2)20)10-11-18(16)21-3/h10-12,17H,4-9,13H2,1-3H3. The zero-order chi connectivity index (χ0) is 15.2. The molecule has 0 amide bonds. The fraction of sp³-hybridized carbons (Fsp3) is 0.611. The lowest BCUT2D eigenvalue weighted by atomic mass is 9.93. The number of rotatable bonds is 6. The van der Waals surface area contributed by atoms with Gasteiger partial charge in [0.1, 0.15) is 5.75 Å². The van der Waals surface area contributed by atoms with Crippen molar-refractivity contribution in [2.45, 2.75) is 58.5 Å². The van der Waals surface area contributed by atoms with Crippen molar-refractivity contribution in [2.24, 2.45) is 0 Å². The van der Waals surface area contributed by atoms with E-state index < -0.39 is 0 Å². The number of hydrogen-bond donors (Lipinski definition) is 0. The molecular weight excluding hydrogens is 262 g/mol. The van der Waals surface area contributed by atoms with E-state index in [9.17, 15) is 4.79 Å². The summed E-state index contributed by atoms with van der Waals surface area (Å²) < 4.78 is 5.47. The monoisotopic (exact) mass is 289 g/mol. The summed E-state index contributed by atoms with van der Waals surface area (Å²) in [6.07, 6.45) is 6.64. The largest absolute Gasteiger partial charge is 0.496 e. The van der Waals surface area contributed by atoms with Gasteiger partial charge in [0.15, 0.2) is 5.78 Å². The number of benzene rings is 1. The van der Waals surface area contributed by atoms with Crippen LogP contribution in [0.15, 0.2) is 18.2 Å². The number of Topliss-reactive ketones (excluding diaryl/α,β-unsaturated/α-hetero) is 1. The Morgan fingerprint density at radius 1 is 1.29 bits per heavy atom. The average molecular weight is 289 g/mol. The highest BCUT2D eigenvalue weighted by Gasteiger charge is 2.21. The molecule has 0 N–H and O–H groups in total. The van der Waals surface area contributed by atoms with Crippen molar-refractivity contribution < 1.29 is 9.53 Å². The molecule has 3 heteroatoms. The number of ether oxygens (including phenoxy) is 1. The molecule has 1 aromatic rings. The van der Waals surface area contributed by atoms with Crippen LogP contribution < -0.4 is 4.74 Å². The Bertz CT molecular complexity index is 478. The first-order valence-electron chi connectivity index (χ1n) is 8.07. The lowest BCUT2D eigenvalue weighted by Crippen LogP contribution is -2.36. The Hall–Kier alpha value is -1.35. The van der Waals surface area contributed by atoms with Crippen molar-refractivity contribution in [1.82, 2.24) is 4.90 Å². The molecule has 0 unspecified atom stereocenters.